The van der Waals surface area contributed by atoms with Gasteiger partial charge in [0.25, 0.3) is 0 Å². The van der Waals surface area contributed by atoms with Crippen molar-refractivity contribution in [2.45, 2.75) is 32.0 Å². The zero-order valence-corrected chi connectivity index (χ0v) is 12.4. The third kappa shape index (κ3) is 3.36. The lowest BCUT2D eigenvalue weighted by Crippen LogP contribution is -2.52. The number of nitrogens with one attached hydrogen (secondary N) is 1. The van der Waals surface area contributed by atoms with Crippen LogP contribution >= 0.6 is 0 Å². The van der Waals surface area contributed by atoms with Gasteiger partial charge in [-0.3, -0.25) is 0 Å². The Morgan fingerprint density at radius 1 is 1.24 bits per heavy atom. The van der Waals surface area contributed by atoms with E-state index in [0.29, 0.717) is 13.1 Å². The molecule has 0 aromatic heterocycles. The number of aryl methyl sites for hydroxylation is 1. The predicted molar refractivity (Wildman–Crippen MR) is 80.3 cm³/mol. The van der Waals surface area contributed by atoms with Gasteiger partial charge in [-0.1, -0.05) is 12.1 Å². The van der Waals surface area contributed by atoms with Crippen molar-refractivity contribution in [2.24, 2.45) is 0 Å². The number of anilines is 1. The fraction of sp³-hybridized carbons (Fsp3) is 0.562. The number of rotatable bonds is 1. The number of carbonyl (C=O) groups is 1. The number of benzene rings is 1. The number of hydrogen-bond acceptors (Lipinski definition) is 3. The summed E-state index contributed by atoms with van der Waals surface area (Å²) in [5, 5.41) is 2.95. The molecule has 2 aliphatic heterocycles. The lowest BCUT2D eigenvalue weighted by molar-refractivity contribution is -0.281. The van der Waals surface area contributed by atoms with Crippen molar-refractivity contribution in [3.05, 3.63) is 29.8 Å². The summed E-state index contributed by atoms with van der Waals surface area (Å²) in [6.07, 6.45) is 2.45. The zero-order chi connectivity index (χ0) is 14.7. The monoisotopic (exact) mass is 290 g/mol. The van der Waals surface area contributed by atoms with Crippen LogP contribution in [0.5, 0.6) is 0 Å². The van der Waals surface area contributed by atoms with Crippen LogP contribution in [0.1, 0.15) is 24.8 Å². The summed E-state index contributed by atoms with van der Waals surface area (Å²) >= 11 is 0. The highest BCUT2D eigenvalue weighted by molar-refractivity contribution is 5.89. The summed E-state index contributed by atoms with van der Waals surface area (Å²) in [5.41, 5.74) is 1.97. The molecule has 5 heteroatoms. The van der Waals surface area contributed by atoms with Crippen molar-refractivity contribution in [2.75, 3.05) is 31.6 Å². The Kier molecular flexibility index (Phi) is 4.12. The molecule has 1 N–H and O–H groups in total. The van der Waals surface area contributed by atoms with Crippen LogP contribution in [-0.4, -0.2) is 43.0 Å². The van der Waals surface area contributed by atoms with Gasteiger partial charge in [0.15, 0.2) is 5.79 Å². The third-order valence-electron chi connectivity index (χ3n) is 4.10. The molecule has 2 saturated heterocycles. The number of amides is 2. The Balaban J connectivity index is 1.55. The Labute approximate surface area is 125 Å². The van der Waals surface area contributed by atoms with Crippen LogP contribution in [0.15, 0.2) is 24.3 Å². The van der Waals surface area contributed by atoms with Gasteiger partial charge in [0.2, 0.25) is 0 Å². The maximum atomic E-state index is 12.3. The molecule has 1 aromatic rings. The molecule has 5 nitrogen and oxygen atoms in total. The molecule has 0 radical (unpaired) electrons. The minimum atomic E-state index is -0.446. The largest absolute Gasteiger partial charge is 0.350 e. The van der Waals surface area contributed by atoms with Crippen molar-refractivity contribution >= 4 is 11.7 Å². The number of likely N-dealkylation sites (tertiary alicyclic amines) is 1. The van der Waals surface area contributed by atoms with E-state index >= 15 is 0 Å². The fourth-order valence-corrected chi connectivity index (χ4v) is 2.88. The van der Waals surface area contributed by atoms with Crippen LogP contribution in [0.3, 0.4) is 0 Å². The molecular weight excluding hydrogens is 268 g/mol. The van der Waals surface area contributed by atoms with E-state index in [2.05, 4.69) is 5.32 Å². The third-order valence-corrected chi connectivity index (χ3v) is 4.10. The average molecular weight is 290 g/mol. The topological polar surface area (TPSA) is 50.8 Å². The first kappa shape index (κ1) is 14.4. The van der Waals surface area contributed by atoms with E-state index in [9.17, 15) is 4.79 Å². The number of piperidine rings is 1. The standard InChI is InChI=1S/C16H22N2O3/c1-13-4-2-5-14(12-13)17-15(19)18-8-6-16(7-9-18)20-10-3-11-21-16/h2,4-5,12H,3,6-11H2,1H3,(H,17,19). The highest BCUT2D eigenvalue weighted by Crippen LogP contribution is 2.30. The second kappa shape index (κ2) is 6.03. The predicted octanol–water partition coefficient (Wildman–Crippen LogP) is 2.76. The first-order chi connectivity index (χ1) is 10.2. The molecule has 114 valence electrons. The number of hydrogen-bond donors (Lipinski definition) is 1. The molecular formula is C16H22N2O3. The molecule has 0 atom stereocenters. The highest BCUT2D eigenvalue weighted by atomic mass is 16.7. The van der Waals surface area contributed by atoms with E-state index in [-0.39, 0.29) is 6.03 Å². The van der Waals surface area contributed by atoms with Gasteiger partial charge in [-0.2, -0.15) is 0 Å². The van der Waals surface area contributed by atoms with Crippen LogP contribution in [0.4, 0.5) is 10.5 Å². The van der Waals surface area contributed by atoms with Gasteiger partial charge in [-0.15, -0.1) is 0 Å². The van der Waals surface area contributed by atoms with Gasteiger partial charge in [0, 0.05) is 31.6 Å². The molecule has 0 bridgehead atoms. The van der Waals surface area contributed by atoms with E-state index in [1.54, 1.807) is 0 Å². The number of carbonyl (C=O) groups excluding carboxylic acids is 1. The van der Waals surface area contributed by atoms with Crippen LogP contribution in [0.2, 0.25) is 0 Å². The van der Waals surface area contributed by atoms with E-state index in [0.717, 1.165) is 43.7 Å². The summed E-state index contributed by atoms with van der Waals surface area (Å²) in [6, 6.07) is 7.78. The lowest BCUT2D eigenvalue weighted by atomic mass is 10.0. The molecule has 2 aliphatic rings. The van der Waals surface area contributed by atoms with Gasteiger partial charge < -0.3 is 19.7 Å². The van der Waals surface area contributed by atoms with Gasteiger partial charge in [-0.05, 0) is 31.0 Å². The minimum absolute atomic E-state index is 0.0498. The number of urea groups is 1. The molecule has 0 saturated carbocycles. The van der Waals surface area contributed by atoms with Crippen molar-refractivity contribution < 1.29 is 14.3 Å². The first-order valence-electron chi connectivity index (χ1n) is 7.57. The Morgan fingerprint density at radius 3 is 2.62 bits per heavy atom. The van der Waals surface area contributed by atoms with Crippen LogP contribution in [-0.2, 0) is 9.47 Å². The van der Waals surface area contributed by atoms with Crippen molar-refractivity contribution in [1.29, 1.82) is 0 Å². The normalized spacial score (nSPS) is 21.3. The SMILES string of the molecule is Cc1cccc(NC(=O)N2CCC3(CC2)OCCCO3)c1. The van der Waals surface area contributed by atoms with Crippen LogP contribution < -0.4 is 5.32 Å². The second-order valence-electron chi connectivity index (χ2n) is 5.75. The number of ether oxygens (including phenoxy) is 2. The van der Waals surface area contributed by atoms with Crippen molar-refractivity contribution in [3.63, 3.8) is 0 Å². The van der Waals surface area contributed by atoms with Crippen molar-refractivity contribution in [3.8, 4) is 0 Å². The smallest absolute Gasteiger partial charge is 0.321 e. The Bertz CT molecular complexity index is 502. The quantitative estimate of drug-likeness (QED) is 0.865. The molecule has 2 fully saturated rings. The average Bonchev–Trinajstić information content (AvgIpc) is 2.49. The minimum Gasteiger partial charge on any atom is -0.350 e. The molecule has 0 unspecified atom stereocenters. The maximum Gasteiger partial charge on any atom is 0.321 e. The summed E-state index contributed by atoms with van der Waals surface area (Å²) in [5.74, 6) is -0.446. The van der Waals surface area contributed by atoms with Crippen LogP contribution in [0.25, 0.3) is 0 Å². The Morgan fingerprint density at radius 2 is 1.95 bits per heavy atom. The lowest BCUT2D eigenvalue weighted by Gasteiger charge is -2.43. The zero-order valence-electron chi connectivity index (χ0n) is 12.4. The van der Waals surface area contributed by atoms with Crippen LogP contribution in [0, 0.1) is 6.92 Å². The van der Waals surface area contributed by atoms with E-state index in [4.69, 9.17) is 9.47 Å². The van der Waals surface area contributed by atoms with E-state index in [1.165, 1.54) is 0 Å². The maximum absolute atomic E-state index is 12.3. The van der Waals surface area contributed by atoms with Gasteiger partial charge in [0.1, 0.15) is 0 Å². The summed E-state index contributed by atoms with van der Waals surface area (Å²) in [4.78, 5) is 14.1. The highest BCUT2D eigenvalue weighted by Gasteiger charge is 2.39. The fourth-order valence-electron chi connectivity index (χ4n) is 2.88. The molecule has 1 spiro atoms. The van der Waals surface area contributed by atoms with Gasteiger partial charge >= 0.3 is 6.03 Å². The molecule has 0 aliphatic carbocycles. The van der Waals surface area contributed by atoms with E-state index in [1.807, 2.05) is 36.1 Å². The van der Waals surface area contributed by atoms with Gasteiger partial charge in [-0.25, -0.2) is 4.79 Å². The first-order valence-corrected chi connectivity index (χ1v) is 7.57. The molecule has 2 heterocycles. The number of nitrogens with zero attached hydrogens (tertiary/aromatic N) is 1. The Hall–Kier alpha value is -1.59. The molecule has 21 heavy (non-hydrogen) atoms. The summed E-state index contributed by atoms with van der Waals surface area (Å²) in [7, 11) is 0. The summed E-state index contributed by atoms with van der Waals surface area (Å²) in [6.45, 7) is 4.86. The molecule has 3 rings (SSSR count). The van der Waals surface area contributed by atoms with Gasteiger partial charge in [0.05, 0.1) is 13.2 Å². The molecule has 1 aromatic carbocycles. The van der Waals surface area contributed by atoms with E-state index < -0.39 is 5.79 Å². The van der Waals surface area contributed by atoms with Crippen molar-refractivity contribution in [1.82, 2.24) is 4.90 Å². The summed E-state index contributed by atoms with van der Waals surface area (Å²) < 4.78 is 11.6. The molecule has 2 amide bonds. The second-order valence-corrected chi connectivity index (χ2v) is 5.75.